The zero-order valence-electron chi connectivity index (χ0n) is 25.2. The number of rotatable bonds is 7. The van der Waals surface area contributed by atoms with Crippen LogP contribution in [0.2, 0.25) is 0 Å². The van der Waals surface area contributed by atoms with Crippen LogP contribution in [0.3, 0.4) is 0 Å². The normalized spacial score (nSPS) is 17.5. The van der Waals surface area contributed by atoms with Gasteiger partial charge in [-0.1, -0.05) is 30.3 Å². The molecule has 1 aromatic carbocycles. The minimum Gasteiger partial charge on any atom is -0.445 e. The molecule has 9 nitrogen and oxygen atoms in total. The van der Waals surface area contributed by atoms with Crippen molar-refractivity contribution in [2.24, 2.45) is 11.8 Å². The van der Waals surface area contributed by atoms with Gasteiger partial charge in [0.05, 0.1) is 0 Å². The van der Waals surface area contributed by atoms with Gasteiger partial charge in [-0.05, 0) is 97.5 Å². The second-order valence-corrected chi connectivity index (χ2v) is 13.2. The van der Waals surface area contributed by atoms with Crippen LogP contribution in [0.25, 0.3) is 0 Å². The van der Waals surface area contributed by atoms with E-state index in [1.807, 2.05) is 71.9 Å². The van der Waals surface area contributed by atoms with E-state index in [9.17, 15) is 14.4 Å². The number of alkyl carbamates (subject to hydrolysis) is 1. The van der Waals surface area contributed by atoms with Crippen molar-refractivity contribution in [3.8, 4) is 0 Å². The summed E-state index contributed by atoms with van der Waals surface area (Å²) in [6.45, 7) is 14.1. The van der Waals surface area contributed by atoms with Gasteiger partial charge in [-0.3, -0.25) is 0 Å². The molecule has 3 rings (SSSR count). The number of benzene rings is 1. The average molecular weight is 560 g/mol. The summed E-state index contributed by atoms with van der Waals surface area (Å²) in [5.74, 6) is 0.778. The Hall–Kier alpha value is -2.97. The van der Waals surface area contributed by atoms with E-state index in [0.29, 0.717) is 38.0 Å². The summed E-state index contributed by atoms with van der Waals surface area (Å²) >= 11 is 0. The fourth-order valence-electron chi connectivity index (χ4n) is 5.31. The minimum atomic E-state index is -0.512. The first kappa shape index (κ1) is 31.6. The van der Waals surface area contributed by atoms with Gasteiger partial charge in [0.25, 0.3) is 0 Å². The first-order valence-corrected chi connectivity index (χ1v) is 14.7. The molecule has 9 heteroatoms. The molecule has 2 saturated heterocycles. The smallest absolute Gasteiger partial charge is 0.410 e. The molecule has 0 bridgehead atoms. The van der Waals surface area contributed by atoms with Gasteiger partial charge in [0.15, 0.2) is 0 Å². The number of piperidine rings is 2. The molecule has 224 valence electrons. The molecular formula is C31H49N3O6. The number of nitrogens with one attached hydrogen (secondary N) is 1. The predicted octanol–water partition coefficient (Wildman–Crippen LogP) is 6.36. The third-order valence-corrected chi connectivity index (χ3v) is 7.30. The molecule has 2 fully saturated rings. The van der Waals surface area contributed by atoms with Crippen LogP contribution in [0, 0.1) is 11.8 Å². The van der Waals surface area contributed by atoms with Gasteiger partial charge < -0.3 is 29.3 Å². The van der Waals surface area contributed by atoms with Crippen molar-refractivity contribution >= 4 is 18.3 Å². The number of carbonyl (C=O) groups excluding carboxylic acids is 3. The first-order chi connectivity index (χ1) is 18.8. The molecule has 1 aromatic rings. The maximum Gasteiger partial charge on any atom is 0.410 e. The van der Waals surface area contributed by atoms with E-state index >= 15 is 0 Å². The molecular weight excluding hydrogens is 510 g/mol. The van der Waals surface area contributed by atoms with Gasteiger partial charge in [-0.25, -0.2) is 14.4 Å². The first-order valence-electron chi connectivity index (χ1n) is 14.7. The Labute approximate surface area is 239 Å². The van der Waals surface area contributed by atoms with Crippen LogP contribution in [0.1, 0.15) is 85.6 Å². The lowest BCUT2D eigenvalue weighted by Crippen LogP contribution is -2.45. The summed E-state index contributed by atoms with van der Waals surface area (Å²) in [5.41, 5.74) is -0.0808. The molecule has 2 aliphatic rings. The number of hydrogen-bond donors (Lipinski definition) is 1. The molecule has 40 heavy (non-hydrogen) atoms. The Morgan fingerprint density at radius 1 is 0.775 bits per heavy atom. The molecule has 0 aromatic heterocycles. The molecule has 0 aliphatic carbocycles. The molecule has 3 amide bonds. The van der Waals surface area contributed by atoms with Crippen molar-refractivity contribution in [1.29, 1.82) is 0 Å². The van der Waals surface area contributed by atoms with E-state index in [4.69, 9.17) is 14.2 Å². The van der Waals surface area contributed by atoms with E-state index in [0.717, 1.165) is 44.1 Å². The van der Waals surface area contributed by atoms with Gasteiger partial charge in [0.2, 0.25) is 0 Å². The summed E-state index contributed by atoms with van der Waals surface area (Å²) in [5, 5.41) is 3.14. The van der Waals surface area contributed by atoms with E-state index in [2.05, 4.69) is 5.32 Å². The number of hydrogen-bond acceptors (Lipinski definition) is 6. The van der Waals surface area contributed by atoms with Crippen LogP contribution in [0.5, 0.6) is 0 Å². The van der Waals surface area contributed by atoms with Gasteiger partial charge in [0.1, 0.15) is 17.8 Å². The minimum absolute atomic E-state index is 0.0422. The molecule has 0 spiro atoms. The molecule has 0 unspecified atom stereocenters. The van der Waals surface area contributed by atoms with Crippen LogP contribution in [-0.2, 0) is 20.8 Å². The fraction of sp³-hybridized carbons (Fsp3) is 0.710. The largest absolute Gasteiger partial charge is 0.445 e. The van der Waals surface area contributed by atoms with Crippen LogP contribution < -0.4 is 5.32 Å². The van der Waals surface area contributed by atoms with Crippen molar-refractivity contribution in [1.82, 2.24) is 15.1 Å². The third-order valence-electron chi connectivity index (χ3n) is 7.30. The number of amides is 3. The second kappa shape index (κ2) is 14.1. The Kier molecular flexibility index (Phi) is 11.1. The molecule has 2 aliphatic heterocycles. The van der Waals surface area contributed by atoms with Gasteiger partial charge >= 0.3 is 18.3 Å². The third kappa shape index (κ3) is 11.3. The topological polar surface area (TPSA) is 97.4 Å². The lowest BCUT2D eigenvalue weighted by Gasteiger charge is -2.37. The van der Waals surface area contributed by atoms with E-state index < -0.39 is 17.3 Å². The van der Waals surface area contributed by atoms with Crippen molar-refractivity contribution in [3.05, 3.63) is 35.9 Å². The monoisotopic (exact) mass is 559 g/mol. The van der Waals surface area contributed by atoms with Crippen LogP contribution in [-0.4, -0.2) is 71.5 Å². The van der Waals surface area contributed by atoms with Crippen LogP contribution in [0.4, 0.5) is 14.4 Å². The lowest BCUT2D eigenvalue weighted by molar-refractivity contribution is 0.0174. The van der Waals surface area contributed by atoms with Crippen molar-refractivity contribution in [3.63, 3.8) is 0 Å². The molecule has 1 N–H and O–H groups in total. The fourth-order valence-corrected chi connectivity index (χ4v) is 5.31. The summed E-state index contributed by atoms with van der Waals surface area (Å²) in [6, 6.07) is 9.60. The molecule has 0 atom stereocenters. The van der Waals surface area contributed by atoms with Gasteiger partial charge in [-0.15, -0.1) is 0 Å². The number of nitrogens with zero attached hydrogens (tertiary/aromatic N) is 2. The summed E-state index contributed by atoms with van der Waals surface area (Å²) in [7, 11) is 0. The molecule has 0 saturated carbocycles. The summed E-state index contributed by atoms with van der Waals surface area (Å²) < 4.78 is 16.6. The predicted molar refractivity (Wildman–Crippen MR) is 154 cm³/mol. The maximum absolute atomic E-state index is 12.8. The highest BCUT2D eigenvalue weighted by atomic mass is 16.6. The highest BCUT2D eigenvalue weighted by Gasteiger charge is 2.32. The molecule has 2 heterocycles. The maximum atomic E-state index is 12.8. The quantitative estimate of drug-likeness (QED) is 0.391. The average Bonchev–Trinajstić information content (AvgIpc) is 2.87. The van der Waals surface area contributed by atoms with Crippen molar-refractivity contribution in [2.45, 2.75) is 104 Å². The number of likely N-dealkylation sites (tertiary alicyclic amines) is 2. The van der Waals surface area contributed by atoms with E-state index in [-0.39, 0.29) is 24.8 Å². The second-order valence-electron chi connectivity index (χ2n) is 13.2. The highest BCUT2D eigenvalue weighted by molar-refractivity contribution is 5.69. The Morgan fingerprint density at radius 3 is 1.60 bits per heavy atom. The van der Waals surface area contributed by atoms with Crippen LogP contribution >= 0.6 is 0 Å². The van der Waals surface area contributed by atoms with Gasteiger partial charge in [0, 0.05) is 32.2 Å². The highest BCUT2D eigenvalue weighted by Crippen LogP contribution is 2.29. The van der Waals surface area contributed by atoms with Crippen molar-refractivity contribution in [2.75, 3.05) is 26.2 Å². The zero-order chi connectivity index (χ0) is 29.3. The van der Waals surface area contributed by atoms with E-state index in [1.54, 1.807) is 9.80 Å². The Morgan fingerprint density at radius 2 is 1.20 bits per heavy atom. The van der Waals surface area contributed by atoms with Gasteiger partial charge in [-0.2, -0.15) is 0 Å². The zero-order valence-corrected chi connectivity index (χ0v) is 25.2. The van der Waals surface area contributed by atoms with E-state index in [1.165, 1.54) is 0 Å². The number of carbonyl (C=O) groups is 3. The van der Waals surface area contributed by atoms with Crippen LogP contribution in [0.15, 0.2) is 30.3 Å². The Balaban J connectivity index is 1.54. The number of ether oxygens (including phenoxy) is 3. The lowest BCUT2D eigenvalue weighted by atomic mass is 9.84. The molecule has 0 radical (unpaired) electrons. The SMILES string of the molecule is CC(C)(C)OC(=O)N1CCC(CC(CC2CCN(C(=O)OC(C)(C)C)CC2)NC(=O)OCc2ccccc2)CC1. The standard InChI is InChI=1S/C31H49N3O6/c1-30(2,3)39-28(36)33-16-12-23(13-17-33)20-26(32-27(35)38-22-25-10-8-7-9-11-25)21-24-14-18-34(19-15-24)29(37)40-31(4,5)6/h7-11,23-24,26H,12-22H2,1-6H3,(H,32,35). The Bertz CT molecular complexity index is 906. The summed E-state index contributed by atoms with van der Waals surface area (Å²) in [6.07, 6.45) is 4.20. The summed E-state index contributed by atoms with van der Waals surface area (Å²) in [4.78, 5) is 41.3. The van der Waals surface area contributed by atoms with Crippen molar-refractivity contribution < 1.29 is 28.6 Å².